The summed E-state index contributed by atoms with van der Waals surface area (Å²) >= 11 is 0. The van der Waals surface area contributed by atoms with Gasteiger partial charge in [0, 0.05) is 24.4 Å². The molecule has 5 nitrogen and oxygen atoms in total. The summed E-state index contributed by atoms with van der Waals surface area (Å²) in [6.07, 6.45) is 4.63. The summed E-state index contributed by atoms with van der Waals surface area (Å²) in [7, 11) is 1.84. The third kappa shape index (κ3) is 3.68. The molecule has 1 heterocycles. The highest BCUT2D eigenvalue weighted by Crippen LogP contribution is 2.38. The summed E-state index contributed by atoms with van der Waals surface area (Å²) in [6, 6.07) is 13.2. The second-order valence-electron chi connectivity index (χ2n) is 7.34. The van der Waals surface area contributed by atoms with Crippen LogP contribution in [0.15, 0.2) is 60.9 Å². The SMILES string of the molecule is Cn1cc([C@H](NC(=O)c2ccccc2-c2ccc(F)cc2)C2CC(O)C2)cn1. The van der Waals surface area contributed by atoms with E-state index in [0.717, 1.165) is 16.7 Å². The Morgan fingerprint density at radius 3 is 2.57 bits per heavy atom. The van der Waals surface area contributed by atoms with Gasteiger partial charge in [0.1, 0.15) is 5.82 Å². The average Bonchev–Trinajstić information content (AvgIpc) is 3.10. The second-order valence-corrected chi connectivity index (χ2v) is 7.34. The molecule has 0 saturated heterocycles. The lowest BCUT2D eigenvalue weighted by molar-refractivity contribution is 0.0235. The first-order valence-corrected chi connectivity index (χ1v) is 9.33. The molecule has 1 aromatic heterocycles. The molecule has 2 N–H and O–H groups in total. The van der Waals surface area contributed by atoms with E-state index >= 15 is 0 Å². The van der Waals surface area contributed by atoms with Gasteiger partial charge in [-0.1, -0.05) is 30.3 Å². The maximum absolute atomic E-state index is 13.3. The number of aryl methyl sites for hydroxylation is 1. The van der Waals surface area contributed by atoms with Gasteiger partial charge in [-0.05, 0) is 48.1 Å². The Bertz CT molecular complexity index is 977. The molecular formula is C22H22FN3O2. The Hall–Kier alpha value is -2.99. The molecule has 0 unspecified atom stereocenters. The highest BCUT2D eigenvalue weighted by Gasteiger charge is 2.36. The molecule has 0 spiro atoms. The third-order valence-electron chi connectivity index (χ3n) is 5.32. The molecule has 1 aliphatic rings. The lowest BCUT2D eigenvalue weighted by Crippen LogP contribution is -2.41. The summed E-state index contributed by atoms with van der Waals surface area (Å²) in [4.78, 5) is 13.1. The van der Waals surface area contributed by atoms with Gasteiger partial charge in [-0.3, -0.25) is 9.48 Å². The molecular weight excluding hydrogens is 357 g/mol. The largest absolute Gasteiger partial charge is 0.393 e. The Balaban J connectivity index is 1.62. The van der Waals surface area contributed by atoms with Gasteiger partial charge in [-0.25, -0.2) is 4.39 Å². The number of halogens is 1. The van der Waals surface area contributed by atoms with Crippen molar-refractivity contribution < 1.29 is 14.3 Å². The van der Waals surface area contributed by atoms with Crippen LogP contribution in [0.25, 0.3) is 11.1 Å². The molecule has 0 bridgehead atoms. The van der Waals surface area contributed by atoms with Gasteiger partial charge in [0.2, 0.25) is 0 Å². The summed E-state index contributed by atoms with van der Waals surface area (Å²) in [6.45, 7) is 0. The summed E-state index contributed by atoms with van der Waals surface area (Å²) in [5.74, 6) is -0.345. The molecule has 2 aromatic carbocycles. The smallest absolute Gasteiger partial charge is 0.252 e. The Kier molecular flexibility index (Phi) is 4.96. The zero-order valence-corrected chi connectivity index (χ0v) is 15.5. The highest BCUT2D eigenvalue weighted by molar-refractivity contribution is 6.01. The number of nitrogens with zero attached hydrogens (tertiary/aromatic N) is 2. The molecule has 6 heteroatoms. The first-order valence-electron chi connectivity index (χ1n) is 9.33. The molecule has 4 rings (SSSR count). The van der Waals surface area contributed by atoms with E-state index in [4.69, 9.17) is 0 Å². The summed E-state index contributed by atoms with van der Waals surface area (Å²) in [5, 5.41) is 17.1. The lowest BCUT2D eigenvalue weighted by atomic mass is 9.75. The number of carbonyl (C=O) groups is 1. The van der Waals surface area contributed by atoms with E-state index < -0.39 is 0 Å². The Morgan fingerprint density at radius 2 is 1.93 bits per heavy atom. The molecule has 1 fully saturated rings. The van der Waals surface area contributed by atoms with Gasteiger partial charge in [0.15, 0.2) is 0 Å². The molecule has 0 aliphatic heterocycles. The number of aliphatic hydroxyl groups excluding tert-OH is 1. The number of carbonyl (C=O) groups excluding carboxylic acids is 1. The summed E-state index contributed by atoms with van der Waals surface area (Å²) < 4.78 is 15.0. The van der Waals surface area contributed by atoms with E-state index in [1.165, 1.54) is 12.1 Å². The van der Waals surface area contributed by atoms with Crippen molar-refractivity contribution in [1.29, 1.82) is 0 Å². The third-order valence-corrected chi connectivity index (χ3v) is 5.32. The van der Waals surface area contributed by atoms with Crippen molar-refractivity contribution in [3.05, 3.63) is 77.9 Å². The fourth-order valence-electron chi connectivity index (χ4n) is 3.76. The van der Waals surface area contributed by atoms with Gasteiger partial charge >= 0.3 is 0 Å². The predicted molar refractivity (Wildman–Crippen MR) is 104 cm³/mol. The average molecular weight is 379 g/mol. The van der Waals surface area contributed by atoms with Crippen molar-refractivity contribution in [2.24, 2.45) is 13.0 Å². The van der Waals surface area contributed by atoms with Crippen molar-refractivity contribution in [2.75, 3.05) is 0 Å². The van der Waals surface area contributed by atoms with Gasteiger partial charge in [-0.15, -0.1) is 0 Å². The second kappa shape index (κ2) is 7.56. The minimum Gasteiger partial charge on any atom is -0.393 e. The number of nitrogens with one attached hydrogen (secondary N) is 1. The van der Waals surface area contributed by atoms with Crippen LogP contribution in [0.3, 0.4) is 0 Å². The van der Waals surface area contributed by atoms with E-state index in [-0.39, 0.29) is 29.8 Å². The number of hydrogen-bond acceptors (Lipinski definition) is 3. The zero-order valence-electron chi connectivity index (χ0n) is 15.5. The number of rotatable bonds is 5. The van der Waals surface area contributed by atoms with Crippen LogP contribution in [0.1, 0.15) is 34.8 Å². The zero-order chi connectivity index (χ0) is 19.7. The van der Waals surface area contributed by atoms with Crippen molar-refractivity contribution in [2.45, 2.75) is 25.0 Å². The normalized spacial score (nSPS) is 19.7. The van der Waals surface area contributed by atoms with Crippen molar-refractivity contribution in [3.63, 3.8) is 0 Å². The monoisotopic (exact) mass is 379 g/mol. The number of aromatic nitrogens is 2. The topological polar surface area (TPSA) is 67.2 Å². The van der Waals surface area contributed by atoms with E-state index in [1.54, 1.807) is 29.1 Å². The summed E-state index contributed by atoms with van der Waals surface area (Å²) in [5.41, 5.74) is 2.98. The van der Waals surface area contributed by atoms with Crippen LogP contribution in [0, 0.1) is 11.7 Å². The van der Waals surface area contributed by atoms with Crippen molar-refractivity contribution in [1.82, 2.24) is 15.1 Å². The molecule has 1 amide bonds. The number of aliphatic hydroxyl groups is 1. The Labute approximate surface area is 162 Å². The first-order chi connectivity index (χ1) is 13.5. The van der Waals surface area contributed by atoms with Crippen LogP contribution in [0.5, 0.6) is 0 Å². The van der Waals surface area contributed by atoms with Crippen molar-refractivity contribution in [3.8, 4) is 11.1 Å². The number of hydrogen-bond donors (Lipinski definition) is 2. The van der Waals surface area contributed by atoms with Crippen LogP contribution >= 0.6 is 0 Å². The number of amides is 1. The van der Waals surface area contributed by atoms with Gasteiger partial charge in [0.25, 0.3) is 5.91 Å². The maximum atomic E-state index is 13.3. The lowest BCUT2D eigenvalue weighted by Gasteiger charge is -2.37. The van der Waals surface area contributed by atoms with E-state index in [0.29, 0.717) is 18.4 Å². The molecule has 1 saturated carbocycles. The molecule has 0 radical (unpaired) electrons. The standard InChI is InChI=1S/C22H22FN3O2/c1-26-13-16(12-24-26)21(15-10-18(27)11-15)25-22(28)20-5-3-2-4-19(20)14-6-8-17(23)9-7-14/h2-9,12-13,15,18,21,27H,10-11H2,1H3,(H,25,28)/t15?,18?,21-/m1/s1. The minimum absolute atomic E-state index is 0.168. The van der Waals surface area contributed by atoms with Crippen LogP contribution in [-0.2, 0) is 7.05 Å². The maximum Gasteiger partial charge on any atom is 0.252 e. The van der Waals surface area contributed by atoms with Crippen LogP contribution in [0.2, 0.25) is 0 Å². The van der Waals surface area contributed by atoms with E-state index in [1.807, 2.05) is 31.4 Å². The van der Waals surface area contributed by atoms with Gasteiger partial charge in [-0.2, -0.15) is 5.10 Å². The minimum atomic E-state index is -0.314. The van der Waals surface area contributed by atoms with Crippen LogP contribution < -0.4 is 5.32 Å². The first kappa shape index (κ1) is 18.4. The fraction of sp³-hybridized carbons (Fsp3) is 0.273. The molecule has 144 valence electrons. The van der Waals surface area contributed by atoms with E-state index in [9.17, 15) is 14.3 Å². The quantitative estimate of drug-likeness (QED) is 0.713. The highest BCUT2D eigenvalue weighted by atomic mass is 19.1. The molecule has 3 aromatic rings. The van der Waals surface area contributed by atoms with Crippen LogP contribution in [-0.4, -0.2) is 26.9 Å². The molecule has 1 aliphatic carbocycles. The predicted octanol–water partition coefficient (Wildman–Crippen LogP) is 3.47. The van der Waals surface area contributed by atoms with Gasteiger partial charge < -0.3 is 10.4 Å². The Morgan fingerprint density at radius 1 is 1.21 bits per heavy atom. The fourth-order valence-corrected chi connectivity index (χ4v) is 3.76. The van der Waals surface area contributed by atoms with Crippen LogP contribution in [0.4, 0.5) is 4.39 Å². The molecule has 1 atom stereocenters. The number of benzene rings is 2. The van der Waals surface area contributed by atoms with Crippen molar-refractivity contribution >= 4 is 5.91 Å². The van der Waals surface area contributed by atoms with E-state index in [2.05, 4.69) is 10.4 Å². The molecule has 28 heavy (non-hydrogen) atoms. The van der Waals surface area contributed by atoms with Gasteiger partial charge in [0.05, 0.1) is 18.3 Å².